The van der Waals surface area contributed by atoms with Crippen LogP contribution in [0.1, 0.15) is 11.1 Å². The van der Waals surface area contributed by atoms with Gasteiger partial charge in [-0.3, -0.25) is 0 Å². The van der Waals surface area contributed by atoms with Crippen molar-refractivity contribution in [2.75, 3.05) is 20.3 Å². The molecule has 0 fully saturated rings. The second-order valence-corrected chi connectivity index (χ2v) is 3.62. The van der Waals surface area contributed by atoms with Crippen molar-refractivity contribution < 1.29 is 22.6 Å². The third-order valence-electron chi connectivity index (χ3n) is 2.31. The molecule has 1 rings (SSSR count). The van der Waals surface area contributed by atoms with E-state index in [4.69, 9.17) is 9.47 Å². The van der Waals surface area contributed by atoms with Gasteiger partial charge in [0.15, 0.2) is 0 Å². The van der Waals surface area contributed by atoms with E-state index in [2.05, 4.69) is 6.58 Å². The highest BCUT2D eigenvalue weighted by Crippen LogP contribution is 2.39. The van der Waals surface area contributed by atoms with Crippen LogP contribution in [0.25, 0.3) is 0 Å². The smallest absolute Gasteiger partial charge is 0.420 e. The quantitative estimate of drug-likeness (QED) is 0.576. The van der Waals surface area contributed by atoms with Gasteiger partial charge in [0.25, 0.3) is 0 Å². The van der Waals surface area contributed by atoms with Crippen LogP contribution in [0.5, 0.6) is 5.75 Å². The molecule has 0 aromatic heterocycles. The molecule has 0 aliphatic rings. The molecule has 100 valence electrons. The van der Waals surface area contributed by atoms with Crippen molar-refractivity contribution in [2.45, 2.75) is 12.6 Å². The van der Waals surface area contributed by atoms with E-state index < -0.39 is 11.7 Å². The van der Waals surface area contributed by atoms with Crippen molar-refractivity contribution in [1.82, 2.24) is 0 Å². The second-order valence-electron chi connectivity index (χ2n) is 3.62. The fourth-order valence-corrected chi connectivity index (χ4v) is 1.58. The van der Waals surface area contributed by atoms with Gasteiger partial charge in [0, 0.05) is 7.11 Å². The minimum atomic E-state index is -4.44. The summed E-state index contributed by atoms with van der Waals surface area (Å²) in [5.74, 6) is -0.168. The topological polar surface area (TPSA) is 18.5 Å². The van der Waals surface area contributed by atoms with Crippen molar-refractivity contribution in [3.05, 3.63) is 42.0 Å². The molecule has 0 bridgehead atoms. The number of hydrogen-bond acceptors (Lipinski definition) is 2. The number of hydrogen-bond donors (Lipinski definition) is 0. The first-order valence-corrected chi connectivity index (χ1v) is 5.42. The second kappa shape index (κ2) is 6.44. The summed E-state index contributed by atoms with van der Waals surface area (Å²) in [4.78, 5) is 0. The van der Waals surface area contributed by atoms with Crippen molar-refractivity contribution in [1.29, 1.82) is 0 Å². The molecule has 5 heteroatoms. The van der Waals surface area contributed by atoms with Crippen LogP contribution in [0.2, 0.25) is 0 Å². The van der Waals surface area contributed by atoms with E-state index >= 15 is 0 Å². The molecule has 1 aromatic carbocycles. The number of alkyl halides is 3. The zero-order chi connectivity index (χ0) is 13.6. The van der Waals surface area contributed by atoms with Gasteiger partial charge >= 0.3 is 6.18 Å². The van der Waals surface area contributed by atoms with Gasteiger partial charge in [0.2, 0.25) is 0 Å². The highest BCUT2D eigenvalue weighted by atomic mass is 19.4. The number of benzene rings is 1. The van der Waals surface area contributed by atoms with Gasteiger partial charge in [-0.2, -0.15) is 13.2 Å². The molecule has 0 aliphatic carbocycles. The first kappa shape index (κ1) is 14.6. The standard InChI is InChI=1S/C13H15F3O2/c1-3-5-10-6-4-7-11(18-9-8-17-2)12(10)13(14,15)16/h3-4,6-7H,1,5,8-9H2,2H3. The lowest BCUT2D eigenvalue weighted by Crippen LogP contribution is -2.14. The van der Waals surface area contributed by atoms with Gasteiger partial charge in [-0.1, -0.05) is 18.2 Å². The van der Waals surface area contributed by atoms with Gasteiger partial charge in [0.05, 0.1) is 6.61 Å². The average Bonchev–Trinajstić information content (AvgIpc) is 2.28. The summed E-state index contributed by atoms with van der Waals surface area (Å²) in [6.07, 6.45) is -2.86. The van der Waals surface area contributed by atoms with Crippen LogP contribution < -0.4 is 4.74 Å². The average molecular weight is 260 g/mol. The molecular formula is C13H15F3O2. The van der Waals surface area contributed by atoms with E-state index in [1.807, 2.05) is 0 Å². The number of allylic oxidation sites excluding steroid dienone is 1. The summed E-state index contributed by atoms with van der Waals surface area (Å²) in [7, 11) is 1.46. The molecule has 1 aromatic rings. The summed E-state index contributed by atoms with van der Waals surface area (Å²) >= 11 is 0. The molecule has 0 unspecified atom stereocenters. The maximum absolute atomic E-state index is 13.0. The monoisotopic (exact) mass is 260 g/mol. The third-order valence-corrected chi connectivity index (χ3v) is 2.31. The third kappa shape index (κ3) is 3.77. The van der Waals surface area contributed by atoms with Crippen molar-refractivity contribution in [2.24, 2.45) is 0 Å². The van der Waals surface area contributed by atoms with Crippen LogP contribution >= 0.6 is 0 Å². The molecule has 0 saturated carbocycles. The van der Waals surface area contributed by atoms with Crippen molar-refractivity contribution in [3.63, 3.8) is 0 Å². The molecule has 0 spiro atoms. The summed E-state index contributed by atoms with van der Waals surface area (Å²) in [5, 5.41) is 0. The van der Waals surface area contributed by atoms with Crippen LogP contribution in [0.15, 0.2) is 30.9 Å². The van der Waals surface area contributed by atoms with Crippen molar-refractivity contribution in [3.8, 4) is 5.75 Å². The SMILES string of the molecule is C=CCc1cccc(OCCOC)c1C(F)(F)F. The molecular weight excluding hydrogens is 245 g/mol. The van der Waals surface area contributed by atoms with Crippen LogP contribution in [-0.2, 0) is 17.3 Å². The summed E-state index contributed by atoms with van der Waals surface area (Å²) < 4.78 is 48.8. The first-order valence-electron chi connectivity index (χ1n) is 5.42. The fraction of sp³-hybridized carbons (Fsp3) is 0.385. The summed E-state index contributed by atoms with van der Waals surface area (Å²) in [5.41, 5.74) is -0.576. The van der Waals surface area contributed by atoms with Crippen LogP contribution in [0.3, 0.4) is 0 Å². The number of halogens is 3. The van der Waals surface area contributed by atoms with Gasteiger partial charge in [-0.05, 0) is 18.1 Å². The molecule has 0 aliphatic heterocycles. The minimum absolute atomic E-state index is 0.0805. The Balaban J connectivity index is 3.07. The molecule has 0 amide bonds. The summed E-state index contributed by atoms with van der Waals surface area (Å²) in [6.45, 7) is 3.78. The zero-order valence-electron chi connectivity index (χ0n) is 10.1. The first-order chi connectivity index (χ1) is 8.50. The molecule has 0 radical (unpaired) electrons. The fourth-order valence-electron chi connectivity index (χ4n) is 1.58. The van der Waals surface area contributed by atoms with Crippen molar-refractivity contribution >= 4 is 0 Å². The van der Waals surface area contributed by atoms with Gasteiger partial charge in [-0.15, -0.1) is 6.58 Å². The Morgan fingerprint density at radius 2 is 2.00 bits per heavy atom. The molecule has 2 nitrogen and oxygen atoms in total. The van der Waals surface area contributed by atoms with E-state index in [0.717, 1.165) is 0 Å². The van der Waals surface area contributed by atoms with Crippen LogP contribution in [-0.4, -0.2) is 20.3 Å². The molecule has 18 heavy (non-hydrogen) atoms. The predicted molar refractivity (Wildman–Crippen MR) is 62.7 cm³/mol. The number of methoxy groups -OCH3 is 1. The van der Waals surface area contributed by atoms with Crippen LogP contribution in [0, 0.1) is 0 Å². The Bertz CT molecular complexity index is 400. The highest BCUT2D eigenvalue weighted by molar-refractivity contribution is 5.43. The Morgan fingerprint density at radius 3 is 2.56 bits per heavy atom. The van der Waals surface area contributed by atoms with E-state index in [-0.39, 0.29) is 30.9 Å². The van der Waals surface area contributed by atoms with Gasteiger partial charge < -0.3 is 9.47 Å². The number of ether oxygens (including phenoxy) is 2. The molecule has 0 atom stereocenters. The van der Waals surface area contributed by atoms with E-state index in [1.165, 1.54) is 31.4 Å². The van der Waals surface area contributed by atoms with E-state index in [1.54, 1.807) is 0 Å². The Labute approximate surface area is 104 Å². The van der Waals surface area contributed by atoms with Crippen LogP contribution in [0.4, 0.5) is 13.2 Å². The van der Waals surface area contributed by atoms with Gasteiger partial charge in [0.1, 0.15) is 17.9 Å². The normalized spacial score (nSPS) is 11.3. The van der Waals surface area contributed by atoms with E-state index in [0.29, 0.717) is 0 Å². The lowest BCUT2D eigenvalue weighted by atomic mass is 10.0. The Morgan fingerprint density at radius 1 is 1.28 bits per heavy atom. The lowest BCUT2D eigenvalue weighted by molar-refractivity contribution is -0.139. The molecule has 0 heterocycles. The predicted octanol–water partition coefficient (Wildman–Crippen LogP) is 3.46. The maximum Gasteiger partial charge on any atom is 0.420 e. The molecule has 0 N–H and O–H groups in total. The highest BCUT2D eigenvalue weighted by Gasteiger charge is 2.36. The van der Waals surface area contributed by atoms with Gasteiger partial charge in [-0.25, -0.2) is 0 Å². The summed E-state index contributed by atoms with van der Waals surface area (Å²) in [6, 6.07) is 4.27. The minimum Gasteiger partial charge on any atom is -0.491 e. The lowest BCUT2D eigenvalue weighted by Gasteiger charge is -2.17. The molecule has 0 saturated heterocycles. The Hall–Kier alpha value is -1.49. The number of rotatable bonds is 6. The largest absolute Gasteiger partial charge is 0.491 e. The maximum atomic E-state index is 13.0. The zero-order valence-corrected chi connectivity index (χ0v) is 10.1. The van der Waals surface area contributed by atoms with E-state index in [9.17, 15) is 13.2 Å². The Kier molecular flexibility index (Phi) is 5.22.